The lowest BCUT2D eigenvalue weighted by molar-refractivity contribution is -0.156. The van der Waals surface area contributed by atoms with Gasteiger partial charge in [-0.2, -0.15) is 0 Å². The van der Waals surface area contributed by atoms with Crippen LogP contribution in [0.1, 0.15) is 24.1 Å². The molecular weight excluding hydrogens is 403 g/mol. The van der Waals surface area contributed by atoms with E-state index in [1.807, 2.05) is 0 Å². The van der Waals surface area contributed by atoms with Crippen LogP contribution in [0.3, 0.4) is 0 Å². The van der Waals surface area contributed by atoms with E-state index in [4.69, 9.17) is 4.74 Å². The van der Waals surface area contributed by atoms with E-state index in [-0.39, 0.29) is 24.3 Å². The highest BCUT2D eigenvalue weighted by molar-refractivity contribution is 6.09. The maximum atomic E-state index is 14.7. The van der Waals surface area contributed by atoms with Crippen LogP contribution in [0.15, 0.2) is 48.5 Å². The van der Waals surface area contributed by atoms with Gasteiger partial charge in [0, 0.05) is 25.1 Å². The Morgan fingerprint density at radius 2 is 1.84 bits per heavy atom. The number of hydrogen-bond acceptors (Lipinski definition) is 6. The van der Waals surface area contributed by atoms with Crippen LogP contribution in [-0.2, 0) is 25.5 Å². The monoisotopic (exact) mass is 426 g/mol. The number of nitrogens with one attached hydrogen (secondary N) is 1. The number of aromatic hydroxyl groups is 1. The van der Waals surface area contributed by atoms with Crippen molar-refractivity contribution in [3.63, 3.8) is 0 Å². The zero-order valence-electron chi connectivity index (χ0n) is 17.2. The molecule has 4 rings (SSSR count). The molecule has 0 saturated carbocycles. The first kappa shape index (κ1) is 21.0. The number of carbonyl (C=O) groups excluding carboxylic acids is 3. The van der Waals surface area contributed by atoms with Crippen LogP contribution in [0.2, 0.25) is 0 Å². The number of imide groups is 1. The Morgan fingerprint density at radius 3 is 2.48 bits per heavy atom. The summed E-state index contributed by atoms with van der Waals surface area (Å²) in [6, 6.07) is 11.3. The summed E-state index contributed by atoms with van der Waals surface area (Å²) in [6.45, 7) is 1.73. The van der Waals surface area contributed by atoms with E-state index in [0.717, 1.165) is 4.90 Å². The van der Waals surface area contributed by atoms with Gasteiger partial charge in [0.25, 0.3) is 0 Å². The fourth-order valence-electron chi connectivity index (χ4n) is 4.76. The lowest BCUT2D eigenvalue weighted by Gasteiger charge is -2.32. The number of halogens is 1. The standard InChI is InChI=1S/C23H23FN2O5/c1-3-31-22(30)23(12-13-8-10-14(27)11-9-13)18-17(20(28)26(2)21(18)29)19(25-23)15-6-4-5-7-16(15)24/h4-11,17-19,25,27H,3,12H2,1-2H3/t17-,18-,19-,23+/m0/s1. The van der Waals surface area contributed by atoms with Crippen LogP contribution >= 0.6 is 0 Å². The van der Waals surface area contributed by atoms with Crippen molar-refractivity contribution in [2.24, 2.45) is 11.8 Å². The van der Waals surface area contributed by atoms with Crippen molar-refractivity contribution in [3.8, 4) is 5.75 Å². The van der Waals surface area contributed by atoms with Gasteiger partial charge in [0.2, 0.25) is 11.8 Å². The lowest BCUT2D eigenvalue weighted by atomic mass is 9.76. The average molecular weight is 426 g/mol. The number of rotatable bonds is 5. The quantitative estimate of drug-likeness (QED) is 0.561. The molecule has 0 bridgehead atoms. The number of nitrogens with zero attached hydrogens (tertiary/aromatic N) is 1. The molecule has 31 heavy (non-hydrogen) atoms. The first-order valence-electron chi connectivity index (χ1n) is 10.1. The molecule has 2 N–H and O–H groups in total. The number of benzene rings is 2. The van der Waals surface area contributed by atoms with Crippen LogP contribution in [-0.4, -0.2) is 47.0 Å². The van der Waals surface area contributed by atoms with Crippen molar-refractivity contribution in [1.82, 2.24) is 10.2 Å². The molecule has 7 nitrogen and oxygen atoms in total. The van der Waals surface area contributed by atoms with Gasteiger partial charge in [-0.3, -0.25) is 24.6 Å². The Kier molecular flexibility index (Phi) is 5.26. The highest BCUT2D eigenvalue weighted by Crippen LogP contribution is 2.50. The summed E-state index contributed by atoms with van der Waals surface area (Å²) in [7, 11) is 1.37. The third-order valence-electron chi connectivity index (χ3n) is 6.17. The number of phenols is 1. The number of amides is 2. The molecule has 2 aliphatic rings. The third-order valence-corrected chi connectivity index (χ3v) is 6.17. The second kappa shape index (κ2) is 7.77. The summed E-state index contributed by atoms with van der Waals surface area (Å²) < 4.78 is 20.0. The number of hydrogen-bond donors (Lipinski definition) is 2. The minimum Gasteiger partial charge on any atom is -0.508 e. The second-order valence-corrected chi connectivity index (χ2v) is 7.92. The summed E-state index contributed by atoms with van der Waals surface area (Å²) in [5.41, 5.74) is -0.700. The molecule has 2 aromatic rings. The number of likely N-dealkylation sites (tertiary alicyclic amines) is 1. The van der Waals surface area contributed by atoms with E-state index < -0.39 is 47.0 Å². The van der Waals surface area contributed by atoms with Crippen LogP contribution in [0.5, 0.6) is 5.75 Å². The van der Waals surface area contributed by atoms with Gasteiger partial charge >= 0.3 is 5.97 Å². The smallest absolute Gasteiger partial charge is 0.327 e. The molecule has 162 valence electrons. The Labute approximate surface area is 178 Å². The Bertz CT molecular complexity index is 1040. The minimum absolute atomic E-state index is 0.0328. The van der Waals surface area contributed by atoms with Crippen molar-refractivity contribution in [3.05, 3.63) is 65.5 Å². The van der Waals surface area contributed by atoms with Crippen LogP contribution in [0.25, 0.3) is 0 Å². The molecule has 8 heteroatoms. The second-order valence-electron chi connectivity index (χ2n) is 7.92. The van der Waals surface area contributed by atoms with Gasteiger partial charge in [-0.15, -0.1) is 0 Å². The molecule has 2 fully saturated rings. The fraction of sp³-hybridized carbons (Fsp3) is 0.348. The number of esters is 1. The van der Waals surface area contributed by atoms with Crippen molar-refractivity contribution in [2.75, 3.05) is 13.7 Å². The number of ether oxygens (including phenoxy) is 1. The Hall–Kier alpha value is -3.26. The number of carbonyl (C=O) groups is 3. The van der Waals surface area contributed by atoms with Gasteiger partial charge in [0.05, 0.1) is 18.4 Å². The summed E-state index contributed by atoms with van der Waals surface area (Å²) in [6.07, 6.45) is 0.0328. The minimum atomic E-state index is -1.57. The highest BCUT2D eigenvalue weighted by Gasteiger charge is 2.68. The van der Waals surface area contributed by atoms with Gasteiger partial charge < -0.3 is 9.84 Å². The van der Waals surface area contributed by atoms with Crippen molar-refractivity contribution in [1.29, 1.82) is 0 Å². The predicted octanol–water partition coefficient (Wildman–Crippen LogP) is 1.95. The summed E-state index contributed by atoms with van der Waals surface area (Å²) >= 11 is 0. The Balaban J connectivity index is 1.87. The molecule has 2 amide bonds. The molecule has 0 unspecified atom stereocenters. The number of fused-ring (bicyclic) bond motifs is 1. The molecule has 2 aromatic carbocycles. The van der Waals surface area contributed by atoms with E-state index >= 15 is 0 Å². The first-order valence-corrected chi connectivity index (χ1v) is 10.1. The van der Waals surface area contributed by atoms with Crippen LogP contribution in [0, 0.1) is 17.7 Å². The van der Waals surface area contributed by atoms with E-state index in [1.165, 1.54) is 31.3 Å². The molecule has 4 atom stereocenters. The third kappa shape index (κ3) is 3.27. The Morgan fingerprint density at radius 1 is 1.16 bits per heavy atom. The largest absolute Gasteiger partial charge is 0.508 e. The number of phenolic OH excluding ortho intramolecular Hbond substituents is 1. The highest BCUT2D eigenvalue weighted by atomic mass is 19.1. The van der Waals surface area contributed by atoms with Crippen molar-refractivity contribution >= 4 is 17.8 Å². The molecule has 0 aliphatic carbocycles. The molecule has 2 saturated heterocycles. The SMILES string of the molecule is CCOC(=O)[C@]1(Cc2ccc(O)cc2)N[C@@H](c2ccccc2F)[C@H]2C(=O)N(C)C(=O)[C@H]21. The summed E-state index contributed by atoms with van der Waals surface area (Å²) in [5.74, 6) is -4.12. The van der Waals surface area contributed by atoms with Crippen molar-refractivity contribution < 1.29 is 28.6 Å². The molecule has 2 heterocycles. The van der Waals surface area contributed by atoms with E-state index in [2.05, 4.69) is 5.32 Å². The van der Waals surface area contributed by atoms with Gasteiger partial charge in [-0.25, -0.2) is 4.39 Å². The van der Waals surface area contributed by atoms with Gasteiger partial charge in [0.15, 0.2) is 0 Å². The lowest BCUT2D eigenvalue weighted by Crippen LogP contribution is -2.57. The van der Waals surface area contributed by atoms with Crippen LogP contribution in [0.4, 0.5) is 4.39 Å². The normalized spacial score (nSPS) is 27.5. The van der Waals surface area contributed by atoms with E-state index in [0.29, 0.717) is 5.56 Å². The average Bonchev–Trinajstić information content (AvgIpc) is 3.20. The molecule has 0 aromatic heterocycles. The van der Waals surface area contributed by atoms with E-state index in [1.54, 1.807) is 31.2 Å². The molecule has 2 aliphatic heterocycles. The van der Waals surface area contributed by atoms with Crippen LogP contribution < -0.4 is 5.32 Å². The summed E-state index contributed by atoms with van der Waals surface area (Å²) in [5, 5.41) is 12.8. The molecular formula is C23H23FN2O5. The fourth-order valence-corrected chi connectivity index (χ4v) is 4.76. The summed E-state index contributed by atoms with van der Waals surface area (Å²) in [4.78, 5) is 40.5. The predicted molar refractivity (Wildman–Crippen MR) is 108 cm³/mol. The van der Waals surface area contributed by atoms with Gasteiger partial charge in [0.1, 0.15) is 17.1 Å². The van der Waals surface area contributed by atoms with Gasteiger partial charge in [-0.05, 0) is 30.7 Å². The molecule has 0 spiro atoms. The topological polar surface area (TPSA) is 95.9 Å². The maximum absolute atomic E-state index is 14.7. The van der Waals surface area contributed by atoms with Crippen molar-refractivity contribution in [2.45, 2.75) is 24.9 Å². The molecule has 0 radical (unpaired) electrons. The maximum Gasteiger partial charge on any atom is 0.327 e. The zero-order valence-corrected chi connectivity index (χ0v) is 17.2. The zero-order chi connectivity index (χ0) is 22.3. The van der Waals surface area contributed by atoms with E-state index in [9.17, 15) is 23.9 Å². The first-order chi connectivity index (χ1) is 14.8. The van der Waals surface area contributed by atoms with Gasteiger partial charge in [-0.1, -0.05) is 30.3 Å².